The van der Waals surface area contributed by atoms with Crippen molar-refractivity contribution in [3.8, 4) is 0 Å². The van der Waals surface area contributed by atoms with Crippen LogP contribution >= 0.6 is 23.1 Å². The molecule has 146 valence electrons. The van der Waals surface area contributed by atoms with Crippen molar-refractivity contribution in [3.63, 3.8) is 0 Å². The molecule has 2 N–H and O–H groups in total. The number of rotatable bonds is 7. The predicted molar refractivity (Wildman–Crippen MR) is 110 cm³/mol. The molecule has 0 spiro atoms. The molecule has 10 heteroatoms. The maximum absolute atomic E-state index is 12.2. The molecule has 2 heterocycles. The molecule has 0 unspecified atom stereocenters. The molecule has 8 nitrogen and oxygen atoms in total. The van der Waals surface area contributed by atoms with Crippen LogP contribution in [0.1, 0.15) is 26.6 Å². The monoisotopic (exact) mass is 416 g/mol. The molecule has 2 aromatic heterocycles. The quantitative estimate of drug-likeness (QED) is 0.574. The first-order chi connectivity index (χ1) is 13.4. The molecule has 0 saturated carbocycles. The van der Waals surface area contributed by atoms with E-state index < -0.39 is 0 Å². The van der Waals surface area contributed by atoms with Gasteiger partial charge in [-0.1, -0.05) is 29.5 Å². The Morgan fingerprint density at radius 3 is 2.79 bits per heavy atom. The van der Waals surface area contributed by atoms with Gasteiger partial charge in [0.15, 0.2) is 16.1 Å². The normalized spacial score (nSPS) is 10.7. The highest BCUT2D eigenvalue weighted by Crippen LogP contribution is 2.19. The highest BCUT2D eigenvalue weighted by molar-refractivity contribution is 7.99. The minimum atomic E-state index is -0.168. The second kappa shape index (κ2) is 8.98. The highest BCUT2D eigenvalue weighted by Gasteiger charge is 2.13. The summed E-state index contributed by atoms with van der Waals surface area (Å²) < 4.78 is 1.77. The van der Waals surface area contributed by atoms with E-state index in [0.29, 0.717) is 21.7 Å². The summed E-state index contributed by atoms with van der Waals surface area (Å²) in [6, 6.07) is 7.38. The Morgan fingerprint density at radius 1 is 1.25 bits per heavy atom. The van der Waals surface area contributed by atoms with E-state index in [4.69, 9.17) is 0 Å². The van der Waals surface area contributed by atoms with E-state index in [-0.39, 0.29) is 24.1 Å². The van der Waals surface area contributed by atoms with E-state index in [1.807, 2.05) is 32.0 Å². The van der Waals surface area contributed by atoms with Crippen LogP contribution in [0.25, 0.3) is 0 Å². The van der Waals surface area contributed by atoms with Gasteiger partial charge in [0.1, 0.15) is 0 Å². The largest absolute Gasteiger partial charge is 0.345 e. The van der Waals surface area contributed by atoms with Gasteiger partial charge in [-0.25, -0.2) is 4.98 Å². The van der Waals surface area contributed by atoms with Gasteiger partial charge < -0.3 is 15.2 Å². The number of nitrogens with zero attached hydrogens (tertiary/aromatic N) is 4. The van der Waals surface area contributed by atoms with Crippen molar-refractivity contribution in [2.75, 3.05) is 11.1 Å². The van der Waals surface area contributed by atoms with Crippen molar-refractivity contribution in [3.05, 3.63) is 52.3 Å². The predicted octanol–water partition coefficient (Wildman–Crippen LogP) is 2.55. The summed E-state index contributed by atoms with van der Waals surface area (Å²) in [5, 5.41) is 15.0. The summed E-state index contributed by atoms with van der Waals surface area (Å²) in [5.74, 6) is 0.482. The third kappa shape index (κ3) is 5.17. The number of hydrogen-bond donors (Lipinski definition) is 2. The molecule has 0 aliphatic rings. The standard InChI is InChI=1S/C18H20N6O2S2/c1-11-5-4-6-13(7-11)16(26)19-9-14-22-23-18(24(14)3)27-10-15(25)21-17-20-8-12(2)28-17/h4-8H,9-10H2,1-3H3,(H,19,26)(H,20,21,25). The van der Waals surface area contributed by atoms with Gasteiger partial charge in [-0.15, -0.1) is 21.5 Å². The maximum atomic E-state index is 12.2. The van der Waals surface area contributed by atoms with E-state index in [0.717, 1.165) is 10.4 Å². The number of aryl methyl sites for hydroxylation is 2. The van der Waals surface area contributed by atoms with Crippen LogP contribution in [0.4, 0.5) is 5.13 Å². The van der Waals surface area contributed by atoms with E-state index in [1.54, 1.807) is 23.9 Å². The number of amides is 2. The van der Waals surface area contributed by atoms with Gasteiger partial charge in [0, 0.05) is 23.7 Å². The van der Waals surface area contributed by atoms with Gasteiger partial charge >= 0.3 is 0 Å². The molecule has 0 radical (unpaired) electrons. The van der Waals surface area contributed by atoms with Gasteiger partial charge in [-0.2, -0.15) is 0 Å². The molecule has 0 aliphatic heterocycles. The molecule has 0 fully saturated rings. The Bertz CT molecular complexity index is 998. The number of benzene rings is 1. The van der Waals surface area contributed by atoms with E-state index >= 15 is 0 Å². The molecule has 0 saturated heterocycles. The zero-order valence-electron chi connectivity index (χ0n) is 15.7. The van der Waals surface area contributed by atoms with Gasteiger partial charge in [0.25, 0.3) is 5.91 Å². The highest BCUT2D eigenvalue weighted by atomic mass is 32.2. The van der Waals surface area contributed by atoms with Crippen LogP contribution < -0.4 is 10.6 Å². The number of carbonyl (C=O) groups is 2. The fraction of sp³-hybridized carbons (Fsp3) is 0.278. The molecule has 2 amide bonds. The lowest BCUT2D eigenvalue weighted by molar-refractivity contribution is -0.113. The van der Waals surface area contributed by atoms with Crippen molar-refractivity contribution in [2.24, 2.45) is 7.05 Å². The van der Waals surface area contributed by atoms with Crippen molar-refractivity contribution < 1.29 is 9.59 Å². The Morgan fingerprint density at radius 2 is 2.07 bits per heavy atom. The van der Waals surface area contributed by atoms with Gasteiger partial charge in [0.2, 0.25) is 5.91 Å². The maximum Gasteiger partial charge on any atom is 0.251 e. The molecule has 3 rings (SSSR count). The lowest BCUT2D eigenvalue weighted by atomic mass is 10.1. The molecule has 0 aliphatic carbocycles. The van der Waals surface area contributed by atoms with Crippen LogP contribution in [0, 0.1) is 13.8 Å². The van der Waals surface area contributed by atoms with Crippen LogP contribution in [0.5, 0.6) is 0 Å². The van der Waals surface area contributed by atoms with Gasteiger partial charge in [0.05, 0.1) is 12.3 Å². The number of anilines is 1. The van der Waals surface area contributed by atoms with E-state index in [2.05, 4.69) is 25.8 Å². The molecule has 3 aromatic rings. The van der Waals surface area contributed by atoms with Crippen LogP contribution in [0.3, 0.4) is 0 Å². The van der Waals surface area contributed by atoms with Crippen molar-refractivity contribution >= 4 is 40.0 Å². The second-order valence-electron chi connectivity index (χ2n) is 6.12. The molecule has 0 bridgehead atoms. The van der Waals surface area contributed by atoms with E-state index in [9.17, 15) is 9.59 Å². The Hall–Kier alpha value is -2.72. The lowest BCUT2D eigenvalue weighted by Crippen LogP contribution is -2.24. The van der Waals surface area contributed by atoms with E-state index in [1.165, 1.54) is 23.1 Å². The second-order valence-corrected chi connectivity index (χ2v) is 8.30. The smallest absolute Gasteiger partial charge is 0.251 e. The first-order valence-corrected chi connectivity index (χ1v) is 10.3. The topological polar surface area (TPSA) is 102 Å². The summed E-state index contributed by atoms with van der Waals surface area (Å²) in [4.78, 5) is 29.4. The van der Waals surface area contributed by atoms with Crippen molar-refractivity contribution in [1.29, 1.82) is 0 Å². The summed E-state index contributed by atoms with van der Waals surface area (Å²) in [6.45, 7) is 4.12. The molecule has 28 heavy (non-hydrogen) atoms. The van der Waals surface area contributed by atoms with Crippen molar-refractivity contribution in [2.45, 2.75) is 25.5 Å². The Kier molecular flexibility index (Phi) is 6.42. The summed E-state index contributed by atoms with van der Waals surface area (Å²) >= 11 is 2.70. The minimum absolute atomic E-state index is 0.156. The first-order valence-electron chi connectivity index (χ1n) is 8.50. The number of thiazole rings is 1. The van der Waals surface area contributed by atoms with Crippen LogP contribution in [-0.2, 0) is 18.4 Å². The Labute approximate surface area is 170 Å². The van der Waals surface area contributed by atoms with Crippen LogP contribution in [0.2, 0.25) is 0 Å². The fourth-order valence-corrected chi connectivity index (χ4v) is 3.78. The summed E-state index contributed by atoms with van der Waals surface area (Å²) in [5.41, 5.74) is 1.63. The number of thioether (sulfide) groups is 1. The summed E-state index contributed by atoms with van der Waals surface area (Å²) in [7, 11) is 1.80. The third-order valence-corrected chi connectivity index (χ3v) is 5.66. The number of hydrogen-bond acceptors (Lipinski definition) is 7. The molecular weight excluding hydrogens is 396 g/mol. The van der Waals surface area contributed by atoms with Gasteiger partial charge in [-0.05, 0) is 26.0 Å². The number of aromatic nitrogens is 4. The fourth-order valence-electron chi connectivity index (χ4n) is 2.37. The average molecular weight is 417 g/mol. The lowest BCUT2D eigenvalue weighted by Gasteiger charge is -2.06. The first kappa shape index (κ1) is 20.0. The van der Waals surface area contributed by atoms with Crippen LogP contribution in [-0.4, -0.2) is 37.3 Å². The minimum Gasteiger partial charge on any atom is -0.345 e. The zero-order valence-corrected chi connectivity index (χ0v) is 17.4. The summed E-state index contributed by atoms with van der Waals surface area (Å²) in [6.07, 6.45) is 1.72. The molecular formula is C18H20N6O2S2. The Balaban J connectivity index is 1.52. The van der Waals surface area contributed by atoms with Gasteiger partial charge in [-0.3, -0.25) is 9.59 Å². The molecule has 1 aromatic carbocycles. The SMILES string of the molecule is Cc1cccc(C(=O)NCc2nnc(SCC(=O)Nc3ncc(C)s3)n2C)c1. The molecule has 0 atom stereocenters. The van der Waals surface area contributed by atoms with Crippen molar-refractivity contribution in [1.82, 2.24) is 25.1 Å². The third-order valence-electron chi connectivity index (χ3n) is 3.81. The number of carbonyl (C=O) groups excluding carboxylic acids is 2. The zero-order chi connectivity index (χ0) is 20.1. The number of nitrogens with one attached hydrogen (secondary N) is 2. The average Bonchev–Trinajstić information content (AvgIpc) is 3.23. The van der Waals surface area contributed by atoms with Crippen LogP contribution in [0.15, 0.2) is 35.6 Å².